The van der Waals surface area contributed by atoms with Gasteiger partial charge < -0.3 is 10.1 Å². The molecule has 0 radical (unpaired) electrons. The van der Waals surface area contributed by atoms with Crippen molar-refractivity contribution < 1.29 is 9.53 Å². The van der Waals surface area contributed by atoms with Crippen LogP contribution in [0.4, 0.5) is 11.4 Å². The number of hydrogen-bond donors (Lipinski definition) is 1. The Hall–Kier alpha value is -2.30. The van der Waals surface area contributed by atoms with Crippen molar-refractivity contribution in [3.05, 3.63) is 42.2 Å². The molecule has 20 heavy (non-hydrogen) atoms. The molecule has 1 N–H and O–H groups in total. The van der Waals surface area contributed by atoms with E-state index in [1.165, 1.54) is 0 Å². The SMILES string of the molecule is Cn1cc(Nc2cccc(C(=O)OC(C)(C)C)c2)cn1. The predicted octanol–water partition coefficient (Wildman–Crippen LogP) is 3.12. The summed E-state index contributed by atoms with van der Waals surface area (Å²) in [6, 6.07) is 7.21. The standard InChI is InChI=1S/C15H19N3O2/c1-15(2,3)20-14(19)11-6-5-7-12(8-11)17-13-9-16-18(4)10-13/h5-10,17H,1-4H3. The first-order valence-electron chi connectivity index (χ1n) is 6.42. The summed E-state index contributed by atoms with van der Waals surface area (Å²) in [4.78, 5) is 12.0. The molecule has 0 aliphatic carbocycles. The number of anilines is 2. The monoisotopic (exact) mass is 273 g/mol. The van der Waals surface area contributed by atoms with E-state index in [1.807, 2.05) is 46.1 Å². The molecule has 0 saturated carbocycles. The lowest BCUT2D eigenvalue weighted by molar-refractivity contribution is 0.00696. The number of nitrogens with zero attached hydrogens (tertiary/aromatic N) is 2. The van der Waals surface area contributed by atoms with Crippen LogP contribution in [-0.2, 0) is 11.8 Å². The van der Waals surface area contributed by atoms with E-state index in [4.69, 9.17) is 4.74 Å². The molecule has 106 valence electrons. The third-order valence-electron chi connectivity index (χ3n) is 2.49. The summed E-state index contributed by atoms with van der Waals surface area (Å²) in [6.07, 6.45) is 3.58. The molecule has 0 spiro atoms. The van der Waals surface area contributed by atoms with E-state index in [-0.39, 0.29) is 5.97 Å². The first-order chi connectivity index (χ1) is 9.33. The summed E-state index contributed by atoms with van der Waals surface area (Å²) < 4.78 is 7.06. The number of aryl methyl sites for hydroxylation is 1. The second kappa shape index (κ2) is 5.36. The summed E-state index contributed by atoms with van der Waals surface area (Å²) in [5, 5.41) is 7.27. The van der Waals surface area contributed by atoms with Gasteiger partial charge in [-0.1, -0.05) is 6.07 Å². The van der Waals surface area contributed by atoms with Gasteiger partial charge in [-0.15, -0.1) is 0 Å². The number of rotatable bonds is 3. The van der Waals surface area contributed by atoms with Crippen molar-refractivity contribution in [1.82, 2.24) is 9.78 Å². The topological polar surface area (TPSA) is 56.2 Å². The van der Waals surface area contributed by atoms with Crippen molar-refractivity contribution in [1.29, 1.82) is 0 Å². The van der Waals surface area contributed by atoms with Crippen LogP contribution in [0, 0.1) is 0 Å². The maximum Gasteiger partial charge on any atom is 0.338 e. The lowest BCUT2D eigenvalue weighted by Gasteiger charge is -2.19. The van der Waals surface area contributed by atoms with E-state index < -0.39 is 5.60 Å². The highest BCUT2D eigenvalue weighted by Gasteiger charge is 2.17. The van der Waals surface area contributed by atoms with Gasteiger partial charge in [0.25, 0.3) is 0 Å². The zero-order chi connectivity index (χ0) is 14.8. The van der Waals surface area contributed by atoms with E-state index in [0.29, 0.717) is 5.56 Å². The summed E-state index contributed by atoms with van der Waals surface area (Å²) >= 11 is 0. The maximum absolute atomic E-state index is 12.0. The van der Waals surface area contributed by atoms with Gasteiger partial charge in [-0.3, -0.25) is 4.68 Å². The van der Waals surface area contributed by atoms with Gasteiger partial charge in [-0.25, -0.2) is 4.79 Å². The normalized spacial score (nSPS) is 11.2. The van der Waals surface area contributed by atoms with Crippen molar-refractivity contribution in [2.24, 2.45) is 7.05 Å². The molecule has 2 aromatic rings. The van der Waals surface area contributed by atoms with Gasteiger partial charge in [0.15, 0.2) is 0 Å². The number of nitrogens with one attached hydrogen (secondary N) is 1. The van der Waals surface area contributed by atoms with Crippen LogP contribution in [0.15, 0.2) is 36.7 Å². The zero-order valence-corrected chi connectivity index (χ0v) is 12.2. The Kier molecular flexibility index (Phi) is 3.79. The van der Waals surface area contributed by atoms with Crippen LogP contribution >= 0.6 is 0 Å². The zero-order valence-electron chi connectivity index (χ0n) is 12.2. The minimum Gasteiger partial charge on any atom is -0.456 e. The van der Waals surface area contributed by atoms with Gasteiger partial charge in [0.05, 0.1) is 17.4 Å². The Balaban J connectivity index is 2.13. The number of hydrogen-bond acceptors (Lipinski definition) is 4. The molecular formula is C15H19N3O2. The molecule has 0 bridgehead atoms. The summed E-state index contributed by atoms with van der Waals surface area (Å²) in [7, 11) is 1.85. The third-order valence-corrected chi connectivity index (χ3v) is 2.49. The molecule has 0 fully saturated rings. The van der Waals surface area contributed by atoms with Crippen LogP contribution in [0.1, 0.15) is 31.1 Å². The van der Waals surface area contributed by atoms with Gasteiger partial charge in [0.1, 0.15) is 5.60 Å². The van der Waals surface area contributed by atoms with E-state index in [1.54, 1.807) is 23.0 Å². The van der Waals surface area contributed by atoms with Gasteiger partial charge >= 0.3 is 5.97 Å². The van der Waals surface area contributed by atoms with Crippen LogP contribution < -0.4 is 5.32 Å². The minimum atomic E-state index is -0.496. The fourth-order valence-corrected chi connectivity index (χ4v) is 1.71. The first kappa shape index (κ1) is 14.1. The molecule has 2 rings (SSSR count). The molecule has 0 aliphatic heterocycles. The largest absolute Gasteiger partial charge is 0.456 e. The molecule has 1 aromatic heterocycles. The highest BCUT2D eigenvalue weighted by atomic mass is 16.6. The van der Waals surface area contributed by atoms with Crippen LogP contribution in [0.2, 0.25) is 0 Å². The number of esters is 1. The van der Waals surface area contributed by atoms with Crippen LogP contribution in [-0.4, -0.2) is 21.4 Å². The van der Waals surface area contributed by atoms with Crippen LogP contribution in [0.3, 0.4) is 0 Å². The Morgan fingerprint density at radius 2 is 2.05 bits per heavy atom. The molecular weight excluding hydrogens is 254 g/mol. The molecule has 1 heterocycles. The summed E-state index contributed by atoms with van der Waals surface area (Å²) in [5.41, 5.74) is 1.72. The van der Waals surface area contributed by atoms with Crippen molar-refractivity contribution in [3.63, 3.8) is 0 Å². The van der Waals surface area contributed by atoms with Gasteiger partial charge in [0, 0.05) is 18.9 Å². The number of carbonyl (C=O) groups excluding carboxylic acids is 1. The van der Waals surface area contributed by atoms with Gasteiger partial charge in [-0.2, -0.15) is 5.10 Å². The average molecular weight is 273 g/mol. The average Bonchev–Trinajstić information content (AvgIpc) is 2.73. The molecule has 0 saturated heterocycles. The Bertz CT molecular complexity index is 612. The number of benzene rings is 1. The van der Waals surface area contributed by atoms with E-state index in [0.717, 1.165) is 11.4 Å². The highest BCUT2D eigenvalue weighted by Crippen LogP contribution is 2.19. The van der Waals surface area contributed by atoms with E-state index in [9.17, 15) is 4.79 Å². The molecule has 5 nitrogen and oxygen atoms in total. The van der Waals surface area contributed by atoms with Crippen LogP contribution in [0.5, 0.6) is 0 Å². The molecule has 0 unspecified atom stereocenters. The number of ether oxygens (including phenoxy) is 1. The van der Waals surface area contributed by atoms with Crippen molar-refractivity contribution in [2.45, 2.75) is 26.4 Å². The second-order valence-electron chi connectivity index (χ2n) is 5.61. The second-order valence-corrected chi connectivity index (χ2v) is 5.61. The molecule has 0 aliphatic rings. The third kappa shape index (κ3) is 3.85. The van der Waals surface area contributed by atoms with Crippen molar-refractivity contribution >= 4 is 17.3 Å². The van der Waals surface area contributed by atoms with E-state index >= 15 is 0 Å². The molecule has 1 aromatic carbocycles. The highest BCUT2D eigenvalue weighted by molar-refractivity contribution is 5.91. The van der Waals surface area contributed by atoms with Crippen molar-refractivity contribution in [2.75, 3.05) is 5.32 Å². The van der Waals surface area contributed by atoms with Gasteiger partial charge in [0.2, 0.25) is 0 Å². The molecule has 5 heteroatoms. The lowest BCUT2D eigenvalue weighted by Crippen LogP contribution is -2.23. The fraction of sp³-hybridized carbons (Fsp3) is 0.333. The Labute approximate surface area is 118 Å². The van der Waals surface area contributed by atoms with Crippen LogP contribution in [0.25, 0.3) is 0 Å². The predicted molar refractivity (Wildman–Crippen MR) is 78.1 cm³/mol. The molecule has 0 amide bonds. The summed E-state index contributed by atoms with van der Waals surface area (Å²) in [6.45, 7) is 5.55. The first-order valence-corrected chi connectivity index (χ1v) is 6.42. The lowest BCUT2D eigenvalue weighted by atomic mass is 10.1. The van der Waals surface area contributed by atoms with E-state index in [2.05, 4.69) is 10.4 Å². The van der Waals surface area contributed by atoms with Gasteiger partial charge in [-0.05, 0) is 39.0 Å². The van der Waals surface area contributed by atoms with Crippen molar-refractivity contribution in [3.8, 4) is 0 Å². The molecule has 0 atom stereocenters. The minimum absolute atomic E-state index is 0.327. The number of carbonyl (C=O) groups is 1. The smallest absolute Gasteiger partial charge is 0.338 e. The maximum atomic E-state index is 12.0. The number of aromatic nitrogens is 2. The Morgan fingerprint density at radius 1 is 1.30 bits per heavy atom. The quantitative estimate of drug-likeness (QED) is 0.873. The summed E-state index contributed by atoms with van der Waals surface area (Å²) in [5.74, 6) is -0.327. The fourth-order valence-electron chi connectivity index (χ4n) is 1.71. The Morgan fingerprint density at radius 3 is 2.65 bits per heavy atom.